The summed E-state index contributed by atoms with van der Waals surface area (Å²) in [4.78, 5) is 12.8. The Balaban J connectivity index is 2.83. The predicted octanol–water partition coefficient (Wildman–Crippen LogP) is 1.79. The van der Waals surface area contributed by atoms with E-state index in [9.17, 15) is 4.79 Å². The molecule has 1 unspecified atom stereocenters. The van der Waals surface area contributed by atoms with Gasteiger partial charge < -0.3 is 14.6 Å². The molecule has 5 nitrogen and oxygen atoms in total. The van der Waals surface area contributed by atoms with E-state index in [1.807, 2.05) is 36.1 Å². The highest BCUT2D eigenvalue weighted by Crippen LogP contribution is 2.23. The first kappa shape index (κ1) is 15.5. The summed E-state index contributed by atoms with van der Waals surface area (Å²) in [6.07, 6.45) is 0. The van der Waals surface area contributed by atoms with Crippen molar-refractivity contribution in [1.82, 2.24) is 4.90 Å². The first-order chi connectivity index (χ1) is 9.08. The lowest BCUT2D eigenvalue weighted by Crippen LogP contribution is -2.35. The molecule has 0 fully saturated rings. The number of carboxylic acid groups (broad SMARTS) is 1. The summed E-state index contributed by atoms with van der Waals surface area (Å²) in [5, 5.41) is 8.97. The quantitative estimate of drug-likeness (QED) is 0.778. The third kappa shape index (κ3) is 4.89. The molecule has 0 saturated carbocycles. The Hall–Kier alpha value is -1.59. The van der Waals surface area contributed by atoms with Crippen molar-refractivity contribution in [3.63, 3.8) is 0 Å². The molecule has 1 aromatic carbocycles. The minimum Gasteiger partial charge on any atom is -0.497 e. The molecule has 0 amide bonds. The number of hydrogen-bond donors (Lipinski definition) is 1. The Morgan fingerprint density at radius 2 is 2.16 bits per heavy atom. The Morgan fingerprint density at radius 3 is 2.74 bits per heavy atom. The molecule has 0 aliphatic rings. The fourth-order valence-electron chi connectivity index (χ4n) is 1.90. The van der Waals surface area contributed by atoms with Crippen molar-refractivity contribution in [2.24, 2.45) is 0 Å². The molecule has 0 heterocycles. The molecular weight excluding hydrogens is 246 g/mol. The van der Waals surface area contributed by atoms with Crippen LogP contribution >= 0.6 is 0 Å². The molecule has 1 aromatic rings. The molecule has 1 rings (SSSR count). The van der Waals surface area contributed by atoms with Crippen LogP contribution in [0, 0.1) is 0 Å². The zero-order chi connectivity index (χ0) is 14.3. The summed E-state index contributed by atoms with van der Waals surface area (Å²) in [5.41, 5.74) is 1.02. The number of methoxy groups -OCH3 is 2. The Kier molecular flexibility index (Phi) is 6.32. The molecule has 0 aliphatic heterocycles. The highest BCUT2D eigenvalue weighted by molar-refractivity contribution is 5.69. The third-order valence-electron chi connectivity index (χ3n) is 3.04. The molecule has 19 heavy (non-hydrogen) atoms. The molecule has 5 heteroatoms. The minimum absolute atomic E-state index is 0.0122. The molecule has 0 saturated heterocycles. The van der Waals surface area contributed by atoms with Crippen LogP contribution in [0.3, 0.4) is 0 Å². The number of hydrogen-bond acceptors (Lipinski definition) is 4. The van der Waals surface area contributed by atoms with E-state index < -0.39 is 5.97 Å². The molecule has 0 aliphatic carbocycles. The molecule has 0 aromatic heterocycles. The van der Waals surface area contributed by atoms with Gasteiger partial charge in [-0.2, -0.15) is 0 Å². The standard InChI is InChI=1S/C14H21NO4/c1-11(12-5-4-6-13(9-12)19-3)15(7-8-18-2)10-14(16)17/h4-6,9,11H,7-8,10H2,1-3H3,(H,16,17). The fraction of sp³-hybridized carbons (Fsp3) is 0.500. The number of ether oxygens (including phenoxy) is 2. The summed E-state index contributed by atoms with van der Waals surface area (Å²) in [6.45, 7) is 3.04. The van der Waals surface area contributed by atoms with Crippen LogP contribution in [0.4, 0.5) is 0 Å². The second-order valence-electron chi connectivity index (χ2n) is 4.31. The molecule has 0 bridgehead atoms. The maximum atomic E-state index is 10.9. The van der Waals surface area contributed by atoms with Gasteiger partial charge in [0.2, 0.25) is 0 Å². The van der Waals surface area contributed by atoms with Gasteiger partial charge in [0, 0.05) is 19.7 Å². The van der Waals surface area contributed by atoms with Gasteiger partial charge in [0.1, 0.15) is 5.75 Å². The zero-order valence-electron chi connectivity index (χ0n) is 11.6. The second-order valence-corrected chi connectivity index (χ2v) is 4.31. The number of benzene rings is 1. The molecule has 1 atom stereocenters. The van der Waals surface area contributed by atoms with Crippen LogP contribution in [-0.2, 0) is 9.53 Å². The summed E-state index contributed by atoms with van der Waals surface area (Å²) < 4.78 is 10.2. The van der Waals surface area contributed by atoms with Gasteiger partial charge in [0.15, 0.2) is 0 Å². The lowest BCUT2D eigenvalue weighted by atomic mass is 10.1. The van der Waals surface area contributed by atoms with Crippen LogP contribution in [-0.4, -0.2) is 49.9 Å². The van der Waals surface area contributed by atoms with Crippen molar-refractivity contribution in [3.8, 4) is 5.75 Å². The molecular formula is C14H21NO4. The largest absolute Gasteiger partial charge is 0.497 e. The van der Waals surface area contributed by atoms with Gasteiger partial charge >= 0.3 is 5.97 Å². The van der Waals surface area contributed by atoms with E-state index in [-0.39, 0.29) is 12.6 Å². The second kappa shape index (κ2) is 7.76. The van der Waals surface area contributed by atoms with Gasteiger partial charge in [-0.25, -0.2) is 0 Å². The molecule has 106 valence electrons. The average Bonchev–Trinajstić information content (AvgIpc) is 2.42. The highest BCUT2D eigenvalue weighted by atomic mass is 16.5. The summed E-state index contributed by atoms with van der Waals surface area (Å²) in [6, 6.07) is 7.65. The van der Waals surface area contributed by atoms with E-state index in [0.29, 0.717) is 13.2 Å². The Labute approximate surface area is 113 Å². The van der Waals surface area contributed by atoms with Crippen LogP contribution in [0.5, 0.6) is 5.75 Å². The maximum Gasteiger partial charge on any atom is 0.317 e. The van der Waals surface area contributed by atoms with E-state index in [1.165, 1.54) is 0 Å². The lowest BCUT2D eigenvalue weighted by molar-refractivity contribution is -0.139. The molecule has 1 N–H and O–H groups in total. The molecule has 0 radical (unpaired) electrons. The van der Waals surface area contributed by atoms with Gasteiger partial charge in [0.05, 0.1) is 20.3 Å². The van der Waals surface area contributed by atoms with Crippen LogP contribution in [0.25, 0.3) is 0 Å². The fourth-order valence-corrected chi connectivity index (χ4v) is 1.90. The van der Waals surface area contributed by atoms with Crippen molar-refractivity contribution in [2.75, 3.05) is 33.9 Å². The number of carbonyl (C=O) groups is 1. The Morgan fingerprint density at radius 1 is 1.42 bits per heavy atom. The topological polar surface area (TPSA) is 59.0 Å². The van der Waals surface area contributed by atoms with Crippen LogP contribution in [0.15, 0.2) is 24.3 Å². The number of aliphatic carboxylic acids is 1. The predicted molar refractivity (Wildman–Crippen MR) is 72.5 cm³/mol. The van der Waals surface area contributed by atoms with E-state index in [4.69, 9.17) is 14.6 Å². The van der Waals surface area contributed by atoms with Crippen molar-refractivity contribution in [3.05, 3.63) is 29.8 Å². The van der Waals surface area contributed by atoms with Gasteiger partial charge in [-0.05, 0) is 24.6 Å². The minimum atomic E-state index is -0.842. The van der Waals surface area contributed by atoms with Crippen molar-refractivity contribution in [2.45, 2.75) is 13.0 Å². The summed E-state index contributed by atoms with van der Waals surface area (Å²) in [5.74, 6) is -0.0720. The monoisotopic (exact) mass is 267 g/mol. The number of nitrogens with zero attached hydrogens (tertiary/aromatic N) is 1. The SMILES string of the molecule is COCCN(CC(=O)O)C(C)c1cccc(OC)c1. The van der Waals surface area contributed by atoms with E-state index >= 15 is 0 Å². The highest BCUT2D eigenvalue weighted by Gasteiger charge is 2.18. The smallest absolute Gasteiger partial charge is 0.317 e. The number of rotatable bonds is 8. The first-order valence-electron chi connectivity index (χ1n) is 6.17. The third-order valence-corrected chi connectivity index (χ3v) is 3.04. The zero-order valence-corrected chi connectivity index (χ0v) is 11.6. The van der Waals surface area contributed by atoms with E-state index in [0.717, 1.165) is 11.3 Å². The van der Waals surface area contributed by atoms with Gasteiger partial charge in [0.25, 0.3) is 0 Å². The summed E-state index contributed by atoms with van der Waals surface area (Å²) >= 11 is 0. The van der Waals surface area contributed by atoms with E-state index in [1.54, 1.807) is 14.2 Å². The van der Waals surface area contributed by atoms with Gasteiger partial charge in [-0.3, -0.25) is 9.69 Å². The van der Waals surface area contributed by atoms with Gasteiger partial charge in [-0.15, -0.1) is 0 Å². The molecule has 0 spiro atoms. The summed E-state index contributed by atoms with van der Waals surface area (Å²) in [7, 11) is 3.22. The number of carboxylic acids is 1. The normalized spacial score (nSPS) is 12.4. The maximum absolute atomic E-state index is 10.9. The Bertz CT molecular complexity index is 408. The van der Waals surface area contributed by atoms with Crippen molar-refractivity contribution in [1.29, 1.82) is 0 Å². The average molecular weight is 267 g/mol. The van der Waals surface area contributed by atoms with E-state index in [2.05, 4.69) is 0 Å². The van der Waals surface area contributed by atoms with Crippen LogP contribution < -0.4 is 4.74 Å². The first-order valence-corrected chi connectivity index (χ1v) is 6.17. The van der Waals surface area contributed by atoms with Crippen LogP contribution in [0.2, 0.25) is 0 Å². The van der Waals surface area contributed by atoms with Crippen molar-refractivity contribution >= 4 is 5.97 Å². The van der Waals surface area contributed by atoms with Crippen LogP contribution in [0.1, 0.15) is 18.5 Å². The lowest BCUT2D eigenvalue weighted by Gasteiger charge is -2.27. The van der Waals surface area contributed by atoms with Crippen molar-refractivity contribution < 1.29 is 19.4 Å². The van der Waals surface area contributed by atoms with Gasteiger partial charge in [-0.1, -0.05) is 12.1 Å².